The fourth-order valence-electron chi connectivity index (χ4n) is 4.65. The number of nitrogens with zero attached hydrogens (tertiary/aromatic N) is 2. The molecule has 0 bridgehead atoms. The molecular weight excluding hydrogens is 441 g/mol. The number of nitrogens with one attached hydrogen (secondary N) is 1. The predicted octanol–water partition coefficient (Wildman–Crippen LogP) is 3.28. The van der Waals surface area contributed by atoms with Crippen LogP contribution >= 0.6 is 0 Å². The first-order valence-corrected chi connectivity index (χ1v) is 13.3. The normalized spacial score (nSPS) is 18.5. The number of benzene rings is 2. The molecule has 2 aliphatic heterocycles. The van der Waals surface area contributed by atoms with Crippen molar-refractivity contribution >= 4 is 15.9 Å². The lowest BCUT2D eigenvalue weighted by atomic mass is 9.97. The third-order valence-corrected chi connectivity index (χ3v) is 8.39. The first kappa shape index (κ1) is 23.9. The molecule has 1 amide bonds. The molecule has 0 radical (unpaired) electrons. The molecule has 2 saturated heterocycles. The van der Waals surface area contributed by atoms with Crippen molar-refractivity contribution in [2.45, 2.75) is 44.5 Å². The minimum atomic E-state index is -3.49. The van der Waals surface area contributed by atoms with Crippen LogP contribution < -0.4 is 5.32 Å². The number of halogens is 1. The lowest BCUT2D eigenvalue weighted by Gasteiger charge is -2.30. The molecule has 2 heterocycles. The van der Waals surface area contributed by atoms with E-state index in [9.17, 15) is 17.6 Å². The number of piperidine rings is 1. The molecular formula is C25H32FN3O3S. The number of hydrogen-bond acceptors (Lipinski definition) is 4. The molecule has 0 aliphatic carbocycles. The number of rotatable bonds is 8. The summed E-state index contributed by atoms with van der Waals surface area (Å²) in [5, 5.41) is 3.03. The van der Waals surface area contributed by atoms with E-state index >= 15 is 0 Å². The maximum atomic E-state index is 13.1. The second-order valence-electron chi connectivity index (χ2n) is 9.08. The summed E-state index contributed by atoms with van der Waals surface area (Å²) in [7, 11) is -3.49. The molecule has 8 heteroatoms. The van der Waals surface area contributed by atoms with Crippen LogP contribution in [0, 0.1) is 11.7 Å². The summed E-state index contributed by atoms with van der Waals surface area (Å²) >= 11 is 0. The van der Waals surface area contributed by atoms with Gasteiger partial charge in [-0.1, -0.05) is 36.4 Å². The van der Waals surface area contributed by atoms with Crippen LogP contribution in [0.2, 0.25) is 0 Å². The van der Waals surface area contributed by atoms with Crippen LogP contribution in [0.15, 0.2) is 48.5 Å². The van der Waals surface area contributed by atoms with Gasteiger partial charge in [-0.05, 0) is 67.6 Å². The zero-order chi connectivity index (χ0) is 23.3. The summed E-state index contributed by atoms with van der Waals surface area (Å²) in [6, 6.07) is 13.9. The standard InChI is InChI=1S/C25H32FN3O3S/c26-24-8-6-20(7-9-24)19-33(31,32)29-14-10-23(11-15-29)25(30)27-17-21-4-3-5-22(16-21)18-28-12-1-2-13-28/h3-9,16,23H,1-2,10-15,17-19H2,(H,27,30). The van der Waals surface area contributed by atoms with E-state index < -0.39 is 10.0 Å². The molecule has 0 unspecified atom stereocenters. The van der Waals surface area contributed by atoms with Crippen molar-refractivity contribution in [3.63, 3.8) is 0 Å². The quantitative estimate of drug-likeness (QED) is 0.639. The molecule has 1 N–H and O–H groups in total. The molecule has 0 spiro atoms. The van der Waals surface area contributed by atoms with Crippen molar-refractivity contribution in [2.75, 3.05) is 26.2 Å². The molecule has 0 atom stereocenters. The Morgan fingerprint density at radius 1 is 0.939 bits per heavy atom. The minimum Gasteiger partial charge on any atom is -0.352 e. The van der Waals surface area contributed by atoms with Crippen molar-refractivity contribution in [3.8, 4) is 0 Å². The van der Waals surface area contributed by atoms with Gasteiger partial charge in [0.25, 0.3) is 0 Å². The van der Waals surface area contributed by atoms with Gasteiger partial charge in [0.05, 0.1) is 5.75 Å². The first-order chi connectivity index (χ1) is 15.9. The number of amides is 1. The Kier molecular flexibility index (Phi) is 7.78. The van der Waals surface area contributed by atoms with Crippen LogP contribution in [0.3, 0.4) is 0 Å². The molecule has 2 aromatic rings. The number of carbonyl (C=O) groups excluding carboxylic acids is 1. The van der Waals surface area contributed by atoms with Gasteiger partial charge in [0, 0.05) is 32.1 Å². The zero-order valence-electron chi connectivity index (χ0n) is 18.9. The second kappa shape index (κ2) is 10.8. The number of likely N-dealkylation sites (tertiary alicyclic amines) is 1. The Morgan fingerprint density at radius 2 is 1.61 bits per heavy atom. The van der Waals surface area contributed by atoms with Gasteiger partial charge in [-0.15, -0.1) is 0 Å². The summed E-state index contributed by atoms with van der Waals surface area (Å²) in [5.74, 6) is -0.746. The molecule has 4 rings (SSSR count). The van der Waals surface area contributed by atoms with Crippen LogP contribution in [0.4, 0.5) is 4.39 Å². The summed E-state index contributed by atoms with van der Waals surface area (Å²) < 4.78 is 39.9. The molecule has 2 fully saturated rings. The van der Waals surface area contributed by atoms with Crippen molar-refractivity contribution in [1.29, 1.82) is 0 Å². The fraction of sp³-hybridized carbons (Fsp3) is 0.480. The van der Waals surface area contributed by atoms with Crippen molar-refractivity contribution < 1.29 is 17.6 Å². The Morgan fingerprint density at radius 3 is 2.30 bits per heavy atom. The third-order valence-electron chi connectivity index (χ3n) is 6.54. The monoisotopic (exact) mass is 473 g/mol. The van der Waals surface area contributed by atoms with Gasteiger partial charge in [-0.25, -0.2) is 17.1 Å². The Hall–Kier alpha value is -2.29. The summed E-state index contributed by atoms with van der Waals surface area (Å²) in [4.78, 5) is 15.1. The SMILES string of the molecule is O=C(NCc1cccc(CN2CCCC2)c1)C1CCN(S(=O)(=O)Cc2ccc(F)cc2)CC1. The average Bonchev–Trinajstić information content (AvgIpc) is 3.32. The van der Waals surface area contributed by atoms with Crippen LogP contribution in [0.5, 0.6) is 0 Å². The molecule has 0 saturated carbocycles. The molecule has 178 valence electrons. The highest BCUT2D eigenvalue weighted by atomic mass is 32.2. The third kappa shape index (κ3) is 6.62. The molecule has 6 nitrogen and oxygen atoms in total. The minimum absolute atomic E-state index is 0.0180. The van der Waals surface area contributed by atoms with Crippen molar-refractivity contribution in [1.82, 2.24) is 14.5 Å². The van der Waals surface area contributed by atoms with Gasteiger partial charge in [0.2, 0.25) is 15.9 Å². The zero-order valence-corrected chi connectivity index (χ0v) is 19.7. The van der Waals surface area contributed by atoms with Crippen LogP contribution in [-0.4, -0.2) is 49.7 Å². The van der Waals surface area contributed by atoms with Crippen LogP contribution in [-0.2, 0) is 33.7 Å². The Balaban J connectivity index is 1.24. The van der Waals surface area contributed by atoms with E-state index in [4.69, 9.17) is 0 Å². The maximum Gasteiger partial charge on any atom is 0.223 e. The number of hydrogen-bond donors (Lipinski definition) is 1. The van der Waals surface area contributed by atoms with E-state index in [2.05, 4.69) is 22.3 Å². The highest BCUT2D eigenvalue weighted by Crippen LogP contribution is 2.22. The van der Waals surface area contributed by atoms with Gasteiger partial charge in [-0.2, -0.15) is 0 Å². The highest BCUT2D eigenvalue weighted by Gasteiger charge is 2.31. The largest absolute Gasteiger partial charge is 0.352 e. The first-order valence-electron chi connectivity index (χ1n) is 11.7. The second-order valence-corrected chi connectivity index (χ2v) is 11.0. The van der Waals surface area contributed by atoms with Gasteiger partial charge in [0.1, 0.15) is 5.82 Å². The molecule has 2 aliphatic rings. The van der Waals surface area contributed by atoms with E-state index in [1.165, 1.54) is 47.0 Å². The average molecular weight is 474 g/mol. The van der Waals surface area contributed by atoms with E-state index in [0.29, 0.717) is 38.0 Å². The van der Waals surface area contributed by atoms with E-state index in [-0.39, 0.29) is 23.4 Å². The lowest BCUT2D eigenvalue weighted by Crippen LogP contribution is -2.43. The lowest BCUT2D eigenvalue weighted by molar-refractivity contribution is -0.126. The van der Waals surface area contributed by atoms with Gasteiger partial charge < -0.3 is 5.32 Å². The Labute approximate surface area is 195 Å². The summed E-state index contributed by atoms with van der Waals surface area (Å²) in [6.45, 7) is 4.39. The van der Waals surface area contributed by atoms with E-state index in [1.807, 2.05) is 12.1 Å². The molecule has 0 aromatic heterocycles. The van der Waals surface area contributed by atoms with Crippen LogP contribution in [0.25, 0.3) is 0 Å². The molecule has 33 heavy (non-hydrogen) atoms. The number of sulfonamides is 1. The summed E-state index contributed by atoms with van der Waals surface area (Å²) in [6.07, 6.45) is 3.54. The summed E-state index contributed by atoms with van der Waals surface area (Å²) in [5.41, 5.74) is 2.91. The van der Waals surface area contributed by atoms with Gasteiger partial charge in [0.15, 0.2) is 0 Å². The molecule has 2 aromatic carbocycles. The van der Waals surface area contributed by atoms with Gasteiger partial charge in [-0.3, -0.25) is 9.69 Å². The van der Waals surface area contributed by atoms with Crippen molar-refractivity contribution in [2.24, 2.45) is 5.92 Å². The maximum absolute atomic E-state index is 13.1. The van der Waals surface area contributed by atoms with Crippen molar-refractivity contribution in [3.05, 3.63) is 71.0 Å². The highest BCUT2D eigenvalue weighted by molar-refractivity contribution is 7.88. The van der Waals surface area contributed by atoms with Crippen LogP contribution in [0.1, 0.15) is 42.4 Å². The Bertz CT molecular complexity index is 1040. The predicted molar refractivity (Wildman–Crippen MR) is 126 cm³/mol. The topological polar surface area (TPSA) is 69.7 Å². The van der Waals surface area contributed by atoms with E-state index in [1.54, 1.807) is 0 Å². The van der Waals surface area contributed by atoms with Gasteiger partial charge >= 0.3 is 0 Å². The fourth-order valence-corrected chi connectivity index (χ4v) is 6.21. The smallest absolute Gasteiger partial charge is 0.223 e. The number of carbonyl (C=O) groups is 1. The van der Waals surface area contributed by atoms with E-state index in [0.717, 1.165) is 25.2 Å².